The molecular formula is C21H32N2O4. The molecule has 0 bridgehead atoms. The Kier molecular flexibility index (Phi) is 5.85. The summed E-state index contributed by atoms with van der Waals surface area (Å²) in [4.78, 5) is 17.5. The molecule has 4 heterocycles. The molecule has 1 spiro atoms. The predicted octanol–water partition coefficient (Wildman–Crippen LogP) is 2.39. The molecule has 1 unspecified atom stereocenters. The highest BCUT2D eigenvalue weighted by Gasteiger charge is 2.48. The van der Waals surface area contributed by atoms with E-state index in [2.05, 4.69) is 9.80 Å². The number of carbonyl (C=O) groups excluding carboxylic acids is 1. The summed E-state index contributed by atoms with van der Waals surface area (Å²) < 4.78 is 16.5. The second-order valence-electron chi connectivity index (χ2n) is 8.48. The summed E-state index contributed by atoms with van der Waals surface area (Å²) in [7, 11) is 1.80. The van der Waals surface area contributed by atoms with E-state index in [4.69, 9.17) is 13.9 Å². The number of carbonyl (C=O) groups is 1. The Hall–Kier alpha value is -1.37. The Morgan fingerprint density at radius 1 is 1.30 bits per heavy atom. The summed E-state index contributed by atoms with van der Waals surface area (Å²) in [6, 6.07) is 4.00. The van der Waals surface area contributed by atoms with Crippen LogP contribution in [0.5, 0.6) is 0 Å². The molecule has 1 amide bonds. The Morgan fingerprint density at radius 2 is 2.07 bits per heavy atom. The molecule has 3 fully saturated rings. The van der Waals surface area contributed by atoms with Gasteiger partial charge in [-0.1, -0.05) is 0 Å². The first kappa shape index (κ1) is 19.0. The number of likely N-dealkylation sites (tertiary alicyclic amines) is 2. The predicted molar refractivity (Wildman–Crippen MR) is 101 cm³/mol. The maximum atomic E-state index is 12.9. The first-order chi connectivity index (χ1) is 13.2. The molecule has 3 aliphatic rings. The monoisotopic (exact) mass is 376 g/mol. The van der Waals surface area contributed by atoms with Crippen molar-refractivity contribution in [2.75, 3.05) is 53.1 Å². The highest BCUT2D eigenvalue weighted by atomic mass is 16.5. The lowest BCUT2D eigenvalue weighted by atomic mass is 9.71. The van der Waals surface area contributed by atoms with Crippen LogP contribution in [-0.2, 0) is 20.8 Å². The van der Waals surface area contributed by atoms with E-state index in [1.54, 1.807) is 13.4 Å². The zero-order chi connectivity index (χ0) is 18.7. The molecule has 3 aliphatic heterocycles. The maximum Gasteiger partial charge on any atom is 0.225 e. The van der Waals surface area contributed by atoms with E-state index in [1.165, 1.54) is 0 Å². The summed E-state index contributed by atoms with van der Waals surface area (Å²) in [5.74, 6) is 2.07. The van der Waals surface area contributed by atoms with Crippen LogP contribution in [0.4, 0.5) is 0 Å². The van der Waals surface area contributed by atoms with Crippen molar-refractivity contribution < 1.29 is 18.7 Å². The molecule has 6 heteroatoms. The van der Waals surface area contributed by atoms with Crippen molar-refractivity contribution >= 4 is 5.91 Å². The Bertz CT molecular complexity index is 604. The van der Waals surface area contributed by atoms with Crippen LogP contribution in [0.1, 0.15) is 31.4 Å². The molecule has 1 atom stereocenters. The van der Waals surface area contributed by atoms with Gasteiger partial charge in [0.05, 0.1) is 19.4 Å². The third kappa shape index (κ3) is 4.08. The molecule has 0 aliphatic carbocycles. The van der Waals surface area contributed by atoms with Crippen molar-refractivity contribution in [2.45, 2.75) is 32.2 Å². The molecule has 1 aromatic heterocycles. The number of hydrogen-bond acceptors (Lipinski definition) is 5. The van der Waals surface area contributed by atoms with Gasteiger partial charge < -0.3 is 18.8 Å². The van der Waals surface area contributed by atoms with Crippen LogP contribution in [0.2, 0.25) is 0 Å². The standard InChI is InChI=1S/C21H32N2O4/c1-25-15-18-13-22(14-19-3-2-10-27-19)16-21(18)6-8-23(9-7-21)20(24)17-4-11-26-12-5-17/h2-3,10,17-18H,4-9,11-16H2,1H3. The Balaban J connectivity index is 1.37. The molecule has 27 heavy (non-hydrogen) atoms. The van der Waals surface area contributed by atoms with E-state index in [9.17, 15) is 4.79 Å². The molecular weight excluding hydrogens is 344 g/mol. The summed E-state index contributed by atoms with van der Waals surface area (Å²) in [5.41, 5.74) is 0.259. The summed E-state index contributed by atoms with van der Waals surface area (Å²) in [6.45, 7) is 6.99. The van der Waals surface area contributed by atoms with E-state index in [0.717, 1.165) is 84.0 Å². The lowest BCUT2D eigenvalue weighted by molar-refractivity contribution is -0.141. The number of piperidine rings is 1. The number of furan rings is 1. The van der Waals surface area contributed by atoms with Crippen molar-refractivity contribution in [1.82, 2.24) is 9.80 Å². The van der Waals surface area contributed by atoms with E-state index in [1.807, 2.05) is 12.1 Å². The SMILES string of the molecule is COCC1CN(Cc2ccco2)CC12CCN(C(=O)C1CCOCC1)CC2. The van der Waals surface area contributed by atoms with Crippen LogP contribution in [0.3, 0.4) is 0 Å². The van der Waals surface area contributed by atoms with Gasteiger partial charge in [0, 0.05) is 58.3 Å². The minimum Gasteiger partial charge on any atom is -0.468 e. The lowest BCUT2D eigenvalue weighted by Crippen LogP contribution is -2.49. The van der Waals surface area contributed by atoms with Crippen LogP contribution in [0, 0.1) is 17.3 Å². The molecule has 0 radical (unpaired) electrons. The van der Waals surface area contributed by atoms with Gasteiger partial charge in [-0.05, 0) is 43.2 Å². The van der Waals surface area contributed by atoms with Crippen LogP contribution in [0.15, 0.2) is 22.8 Å². The van der Waals surface area contributed by atoms with Crippen LogP contribution < -0.4 is 0 Å². The number of hydrogen-bond donors (Lipinski definition) is 0. The zero-order valence-electron chi connectivity index (χ0n) is 16.4. The Labute approximate surface area is 161 Å². The number of ether oxygens (including phenoxy) is 2. The second-order valence-corrected chi connectivity index (χ2v) is 8.48. The van der Waals surface area contributed by atoms with Crippen LogP contribution in [-0.4, -0.2) is 68.8 Å². The van der Waals surface area contributed by atoms with Gasteiger partial charge in [-0.2, -0.15) is 0 Å². The van der Waals surface area contributed by atoms with Crippen molar-refractivity contribution in [3.8, 4) is 0 Å². The molecule has 0 N–H and O–H groups in total. The molecule has 0 aromatic carbocycles. The van der Waals surface area contributed by atoms with E-state index < -0.39 is 0 Å². The highest BCUT2D eigenvalue weighted by Crippen LogP contribution is 2.45. The maximum absolute atomic E-state index is 12.9. The number of nitrogens with zero attached hydrogens (tertiary/aromatic N) is 2. The van der Waals surface area contributed by atoms with Gasteiger partial charge in [-0.15, -0.1) is 0 Å². The highest BCUT2D eigenvalue weighted by molar-refractivity contribution is 5.79. The van der Waals surface area contributed by atoms with Gasteiger partial charge in [0.1, 0.15) is 5.76 Å². The fourth-order valence-electron chi connectivity index (χ4n) is 5.26. The van der Waals surface area contributed by atoms with Gasteiger partial charge in [0.2, 0.25) is 5.91 Å². The number of rotatable bonds is 5. The third-order valence-corrected chi connectivity index (χ3v) is 6.85. The van der Waals surface area contributed by atoms with Crippen LogP contribution >= 0.6 is 0 Å². The molecule has 1 aromatic rings. The number of amides is 1. The van der Waals surface area contributed by atoms with Gasteiger partial charge >= 0.3 is 0 Å². The molecule has 0 saturated carbocycles. The number of methoxy groups -OCH3 is 1. The molecule has 6 nitrogen and oxygen atoms in total. The average Bonchev–Trinajstić information content (AvgIpc) is 3.32. The Morgan fingerprint density at radius 3 is 2.74 bits per heavy atom. The first-order valence-electron chi connectivity index (χ1n) is 10.3. The molecule has 3 saturated heterocycles. The smallest absolute Gasteiger partial charge is 0.225 e. The van der Waals surface area contributed by atoms with Crippen molar-refractivity contribution in [1.29, 1.82) is 0 Å². The van der Waals surface area contributed by atoms with Gasteiger partial charge in [0.25, 0.3) is 0 Å². The van der Waals surface area contributed by atoms with Crippen molar-refractivity contribution in [3.63, 3.8) is 0 Å². The third-order valence-electron chi connectivity index (χ3n) is 6.85. The van der Waals surface area contributed by atoms with Gasteiger partial charge in [-0.3, -0.25) is 9.69 Å². The minimum atomic E-state index is 0.168. The summed E-state index contributed by atoms with van der Waals surface area (Å²) in [6.07, 6.45) is 5.65. The summed E-state index contributed by atoms with van der Waals surface area (Å²) in [5, 5.41) is 0. The van der Waals surface area contributed by atoms with Gasteiger partial charge in [-0.25, -0.2) is 0 Å². The zero-order valence-corrected chi connectivity index (χ0v) is 16.4. The fraction of sp³-hybridized carbons (Fsp3) is 0.762. The van der Waals surface area contributed by atoms with Gasteiger partial charge in [0.15, 0.2) is 0 Å². The molecule has 150 valence electrons. The van der Waals surface area contributed by atoms with E-state index in [-0.39, 0.29) is 11.3 Å². The van der Waals surface area contributed by atoms with Crippen LogP contribution in [0.25, 0.3) is 0 Å². The first-order valence-corrected chi connectivity index (χ1v) is 10.3. The second kappa shape index (κ2) is 8.33. The lowest BCUT2D eigenvalue weighted by Gasteiger charge is -2.43. The topological polar surface area (TPSA) is 55.2 Å². The normalized spacial score (nSPS) is 26.7. The quantitative estimate of drug-likeness (QED) is 0.790. The molecule has 4 rings (SSSR count). The van der Waals surface area contributed by atoms with Crippen molar-refractivity contribution in [3.05, 3.63) is 24.2 Å². The fourth-order valence-corrected chi connectivity index (χ4v) is 5.26. The van der Waals surface area contributed by atoms with Crippen molar-refractivity contribution in [2.24, 2.45) is 17.3 Å². The average molecular weight is 376 g/mol. The van der Waals surface area contributed by atoms with E-state index >= 15 is 0 Å². The largest absolute Gasteiger partial charge is 0.468 e. The minimum absolute atomic E-state index is 0.168. The van der Waals surface area contributed by atoms with E-state index in [0.29, 0.717) is 11.8 Å². The summed E-state index contributed by atoms with van der Waals surface area (Å²) >= 11 is 0.